The van der Waals surface area contributed by atoms with Gasteiger partial charge in [-0.25, -0.2) is 4.39 Å². The number of halogens is 1. The molecule has 0 radical (unpaired) electrons. The summed E-state index contributed by atoms with van der Waals surface area (Å²) in [5.41, 5.74) is 1.79. The summed E-state index contributed by atoms with van der Waals surface area (Å²) in [7, 11) is 3.54. The van der Waals surface area contributed by atoms with Gasteiger partial charge in [0.25, 0.3) is 0 Å². The van der Waals surface area contributed by atoms with E-state index in [1.54, 1.807) is 13.2 Å². The Bertz CT molecular complexity index is 436. The summed E-state index contributed by atoms with van der Waals surface area (Å²) in [6, 6.07) is 3.28. The van der Waals surface area contributed by atoms with Crippen molar-refractivity contribution < 1.29 is 9.13 Å². The maximum atomic E-state index is 14.2. The quantitative estimate of drug-likeness (QED) is 0.909. The molecule has 0 bridgehead atoms. The molecule has 0 spiro atoms. The number of fused-ring (bicyclic) bond motifs is 1. The lowest BCUT2D eigenvalue weighted by Gasteiger charge is -2.36. The van der Waals surface area contributed by atoms with E-state index in [0.717, 1.165) is 22.6 Å². The highest BCUT2D eigenvalue weighted by atomic mass is 32.2. The van der Waals surface area contributed by atoms with Gasteiger partial charge in [-0.3, -0.25) is 0 Å². The van der Waals surface area contributed by atoms with Gasteiger partial charge in [-0.15, -0.1) is 0 Å². The van der Waals surface area contributed by atoms with Gasteiger partial charge in [-0.05, 0) is 25.1 Å². The van der Waals surface area contributed by atoms with Crippen molar-refractivity contribution >= 4 is 11.8 Å². The molecule has 0 fully saturated rings. The predicted molar refractivity (Wildman–Crippen MR) is 74.7 cm³/mol. The topological polar surface area (TPSA) is 21.3 Å². The average Bonchev–Trinajstić information content (AvgIpc) is 2.37. The molecule has 2 atom stereocenters. The van der Waals surface area contributed by atoms with Gasteiger partial charge < -0.3 is 10.1 Å². The molecule has 0 saturated heterocycles. The van der Waals surface area contributed by atoms with Crippen molar-refractivity contribution in [3.8, 4) is 5.75 Å². The molecular weight excluding hydrogens is 249 g/mol. The van der Waals surface area contributed by atoms with Crippen LogP contribution in [0.1, 0.15) is 31.0 Å². The molecular formula is C14H20FNOS. The smallest absolute Gasteiger partial charge is 0.128 e. The fourth-order valence-corrected chi connectivity index (χ4v) is 4.12. The fourth-order valence-electron chi connectivity index (χ4n) is 2.62. The molecule has 1 aliphatic heterocycles. The third-order valence-electron chi connectivity index (χ3n) is 3.51. The maximum absolute atomic E-state index is 14.2. The second-order valence-corrected chi connectivity index (χ2v) is 6.09. The minimum absolute atomic E-state index is 0.0499. The summed E-state index contributed by atoms with van der Waals surface area (Å²) in [6.45, 7) is 4.37. The molecule has 1 aliphatic rings. The zero-order chi connectivity index (χ0) is 13.3. The summed E-state index contributed by atoms with van der Waals surface area (Å²) in [6.07, 6.45) is 0. The largest absolute Gasteiger partial charge is 0.496 e. The number of benzene rings is 1. The summed E-state index contributed by atoms with van der Waals surface area (Å²) in [5.74, 6) is 1.99. The first-order valence-corrected chi connectivity index (χ1v) is 7.29. The molecule has 0 amide bonds. The van der Waals surface area contributed by atoms with Crippen LogP contribution in [0.3, 0.4) is 0 Å². The van der Waals surface area contributed by atoms with Crippen LogP contribution < -0.4 is 10.1 Å². The Hall–Kier alpha value is -0.740. The van der Waals surface area contributed by atoms with Crippen LogP contribution in [0.4, 0.5) is 4.39 Å². The Balaban J connectivity index is 2.51. The van der Waals surface area contributed by atoms with E-state index in [2.05, 4.69) is 19.2 Å². The third-order valence-corrected chi connectivity index (χ3v) is 5.17. The molecule has 1 aromatic rings. The Morgan fingerprint density at radius 3 is 2.72 bits per heavy atom. The van der Waals surface area contributed by atoms with Gasteiger partial charge >= 0.3 is 0 Å². The molecule has 1 heterocycles. The number of hydrogen-bond acceptors (Lipinski definition) is 3. The first-order valence-electron chi connectivity index (χ1n) is 6.24. The van der Waals surface area contributed by atoms with Crippen LogP contribution in [-0.2, 0) is 5.75 Å². The molecule has 2 nitrogen and oxygen atoms in total. The van der Waals surface area contributed by atoms with Crippen molar-refractivity contribution in [2.75, 3.05) is 14.2 Å². The van der Waals surface area contributed by atoms with Crippen molar-refractivity contribution in [2.24, 2.45) is 5.92 Å². The van der Waals surface area contributed by atoms with Gasteiger partial charge in [0, 0.05) is 28.2 Å². The normalized spacial score (nSPS) is 23.0. The molecule has 18 heavy (non-hydrogen) atoms. The minimum Gasteiger partial charge on any atom is -0.496 e. The lowest BCUT2D eigenvalue weighted by Crippen LogP contribution is -2.35. The van der Waals surface area contributed by atoms with E-state index in [4.69, 9.17) is 4.74 Å². The molecule has 2 rings (SSSR count). The predicted octanol–water partition coefficient (Wildman–Crippen LogP) is 3.37. The SMILES string of the molecule is CNC1c2c(F)ccc(OC)c2CSC1C(C)C. The van der Waals surface area contributed by atoms with Crippen LogP contribution in [0, 0.1) is 11.7 Å². The molecule has 2 unspecified atom stereocenters. The van der Waals surface area contributed by atoms with Gasteiger partial charge in [-0.1, -0.05) is 13.8 Å². The second kappa shape index (κ2) is 5.49. The van der Waals surface area contributed by atoms with Crippen LogP contribution in [-0.4, -0.2) is 19.4 Å². The molecule has 1 aromatic carbocycles. The second-order valence-electron chi connectivity index (χ2n) is 4.93. The number of methoxy groups -OCH3 is 1. The number of rotatable bonds is 3. The van der Waals surface area contributed by atoms with Crippen LogP contribution in [0.2, 0.25) is 0 Å². The summed E-state index contributed by atoms with van der Waals surface area (Å²) >= 11 is 1.88. The third kappa shape index (κ3) is 2.24. The van der Waals surface area contributed by atoms with E-state index < -0.39 is 0 Å². The van der Waals surface area contributed by atoms with Gasteiger partial charge in [0.1, 0.15) is 11.6 Å². The first-order chi connectivity index (χ1) is 8.60. The molecule has 4 heteroatoms. The maximum Gasteiger partial charge on any atom is 0.128 e. The van der Waals surface area contributed by atoms with Crippen molar-refractivity contribution in [1.82, 2.24) is 5.32 Å². The van der Waals surface area contributed by atoms with E-state index in [-0.39, 0.29) is 11.9 Å². The Morgan fingerprint density at radius 1 is 1.44 bits per heavy atom. The standard InChI is InChI=1S/C14H20FNOS/c1-8(2)14-13(16-3)12-9(7-18-14)11(17-4)6-5-10(12)15/h5-6,8,13-14,16H,7H2,1-4H3. The lowest BCUT2D eigenvalue weighted by atomic mass is 9.91. The number of ether oxygens (including phenoxy) is 1. The van der Waals surface area contributed by atoms with Crippen molar-refractivity contribution in [3.05, 3.63) is 29.1 Å². The van der Waals surface area contributed by atoms with Gasteiger partial charge in [0.05, 0.1) is 7.11 Å². The molecule has 1 N–H and O–H groups in total. The summed E-state index contributed by atoms with van der Waals surface area (Å²) in [4.78, 5) is 0. The summed E-state index contributed by atoms with van der Waals surface area (Å²) < 4.78 is 19.5. The number of nitrogens with one attached hydrogen (secondary N) is 1. The van der Waals surface area contributed by atoms with E-state index in [1.165, 1.54) is 6.07 Å². The highest BCUT2D eigenvalue weighted by Gasteiger charge is 2.34. The van der Waals surface area contributed by atoms with Crippen molar-refractivity contribution in [2.45, 2.75) is 30.9 Å². The van der Waals surface area contributed by atoms with Crippen molar-refractivity contribution in [1.29, 1.82) is 0 Å². The highest BCUT2D eigenvalue weighted by molar-refractivity contribution is 7.99. The van der Waals surface area contributed by atoms with E-state index >= 15 is 0 Å². The molecule has 0 aliphatic carbocycles. The van der Waals surface area contributed by atoms with Crippen LogP contribution in [0.15, 0.2) is 12.1 Å². The lowest BCUT2D eigenvalue weighted by molar-refractivity contribution is 0.399. The Labute approximate surface area is 112 Å². The number of thioether (sulfide) groups is 1. The molecule has 100 valence electrons. The zero-order valence-electron chi connectivity index (χ0n) is 11.3. The van der Waals surface area contributed by atoms with Crippen molar-refractivity contribution in [3.63, 3.8) is 0 Å². The van der Waals surface area contributed by atoms with E-state index in [9.17, 15) is 4.39 Å². The van der Waals surface area contributed by atoms with Gasteiger partial charge in [0.2, 0.25) is 0 Å². The monoisotopic (exact) mass is 269 g/mol. The average molecular weight is 269 g/mol. The summed E-state index contributed by atoms with van der Waals surface area (Å²) in [5, 5.41) is 3.66. The van der Waals surface area contributed by atoms with Crippen LogP contribution >= 0.6 is 11.8 Å². The van der Waals surface area contributed by atoms with Gasteiger partial charge in [-0.2, -0.15) is 11.8 Å². The number of hydrogen-bond donors (Lipinski definition) is 1. The molecule has 0 aromatic heterocycles. The fraction of sp³-hybridized carbons (Fsp3) is 0.571. The Kier molecular flexibility index (Phi) is 4.17. The minimum atomic E-state index is -0.129. The Morgan fingerprint density at radius 2 is 2.17 bits per heavy atom. The zero-order valence-corrected chi connectivity index (χ0v) is 12.1. The van der Waals surface area contributed by atoms with Gasteiger partial charge in [0.15, 0.2) is 0 Å². The molecule has 0 saturated carbocycles. The van der Waals surface area contributed by atoms with E-state index in [1.807, 2.05) is 18.8 Å². The first kappa shape index (κ1) is 13.7. The van der Waals surface area contributed by atoms with Crippen LogP contribution in [0.5, 0.6) is 5.75 Å². The highest BCUT2D eigenvalue weighted by Crippen LogP contribution is 2.44. The van der Waals surface area contributed by atoms with Crippen LogP contribution in [0.25, 0.3) is 0 Å². The van der Waals surface area contributed by atoms with E-state index in [0.29, 0.717) is 11.2 Å².